The SMILES string of the molecule is CCCN=C(N)NCCOc1ccccc1-c1ccccc1. The van der Waals surface area contributed by atoms with Gasteiger partial charge < -0.3 is 15.8 Å². The maximum Gasteiger partial charge on any atom is 0.188 e. The van der Waals surface area contributed by atoms with Crippen molar-refractivity contribution in [3.05, 3.63) is 54.6 Å². The van der Waals surface area contributed by atoms with E-state index in [0.717, 1.165) is 29.8 Å². The van der Waals surface area contributed by atoms with Gasteiger partial charge in [-0.3, -0.25) is 4.99 Å². The summed E-state index contributed by atoms with van der Waals surface area (Å²) >= 11 is 0. The Balaban J connectivity index is 1.91. The zero-order valence-electron chi connectivity index (χ0n) is 13.0. The van der Waals surface area contributed by atoms with Crippen molar-refractivity contribution >= 4 is 5.96 Å². The highest BCUT2D eigenvalue weighted by molar-refractivity contribution is 5.77. The van der Waals surface area contributed by atoms with Gasteiger partial charge in [0.25, 0.3) is 0 Å². The number of hydrogen-bond acceptors (Lipinski definition) is 2. The van der Waals surface area contributed by atoms with Crippen LogP contribution in [0, 0.1) is 0 Å². The van der Waals surface area contributed by atoms with Crippen LogP contribution in [-0.2, 0) is 0 Å². The summed E-state index contributed by atoms with van der Waals surface area (Å²) in [6.45, 7) is 3.98. The van der Waals surface area contributed by atoms with E-state index in [9.17, 15) is 0 Å². The van der Waals surface area contributed by atoms with Crippen molar-refractivity contribution < 1.29 is 4.74 Å². The van der Waals surface area contributed by atoms with Crippen LogP contribution in [0.4, 0.5) is 0 Å². The molecule has 0 radical (unpaired) electrons. The molecule has 0 saturated heterocycles. The molecule has 0 bridgehead atoms. The summed E-state index contributed by atoms with van der Waals surface area (Å²) in [7, 11) is 0. The predicted octanol–water partition coefficient (Wildman–Crippen LogP) is 3.05. The predicted molar refractivity (Wildman–Crippen MR) is 92.2 cm³/mol. The lowest BCUT2D eigenvalue weighted by molar-refractivity contribution is 0.323. The van der Waals surface area contributed by atoms with E-state index in [2.05, 4.69) is 35.4 Å². The van der Waals surface area contributed by atoms with Gasteiger partial charge in [0.2, 0.25) is 0 Å². The summed E-state index contributed by atoms with van der Waals surface area (Å²) in [6.07, 6.45) is 0.989. The lowest BCUT2D eigenvalue weighted by Crippen LogP contribution is -2.34. The van der Waals surface area contributed by atoms with E-state index in [4.69, 9.17) is 10.5 Å². The average molecular weight is 297 g/mol. The largest absolute Gasteiger partial charge is 0.491 e. The fraction of sp³-hybridized carbons (Fsp3) is 0.278. The topological polar surface area (TPSA) is 59.6 Å². The van der Waals surface area contributed by atoms with Crippen LogP contribution in [0.2, 0.25) is 0 Å². The maximum atomic E-state index is 5.87. The minimum absolute atomic E-state index is 0.474. The van der Waals surface area contributed by atoms with Crippen molar-refractivity contribution in [2.24, 2.45) is 10.7 Å². The summed E-state index contributed by atoms with van der Waals surface area (Å²) in [5.74, 6) is 1.35. The van der Waals surface area contributed by atoms with E-state index < -0.39 is 0 Å². The minimum atomic E-state index is 0.474. The highest BCUT2D eigenvalue weighted by Crippen LogP contribution is 2.29. The Bertz CT molecular complexity index is 596. The molecule has 0 spiro atoms. The van der Waals surface area contributed by atoms with E-state index in [-0.39, 0.29) is 0 Å². The first-order chi connectivity index (χ1) is 10.8. The molecule has 4 heteroatoms. The van der Waals surface area contributed by atoms with Crippen molar-refractivity contribution in [1.82, 2.24) is 5.32 Å². The monoisotopic (exact) mass is 297 g/mol. The van der Waals surface area contributed by atoms with Gasteiger partial charge in [-0.2, -0.15) is 0 Å². The Morgan fingerprint density at radius 1 is 1.09 bits per heavy atom. The molecule has 0 aliphatic heterocycles. The summed E-state index contributed by atoms with van der Waals surface area (Å²) in [6, 6.07) is 18.3. The van der Waals surface area contributed by atoms with Gasteiger partial charge in [0, 0.05) is 12.1 Å². The number of nitrogens with two attached hydrogens (primary N) is 1. The number of nitrogens with zero attached hydrogens (tertiary/aromatic N) is 1. The fourth-order valence-corrected chi connectivity index (χ4v) is 2.08. The quantitative estimate of drug-likeness (QED) is 0.469. The first-order valence-electron chi connectivity index (χ1n) is 7.62. The van der Waals surface area contributed by atoms with E-state index in [0.29, 0.717) is 19.1 Å². The third-order valence-electron chi connectivity index (χ3n) is 3.14. The van der Waals surface area contributed by atoms with Gasteiger partial charge in [-0.1, -0.05) is 55.5 Å². The number of hydrogen-bond donors (Lipinski definition) is 2. The molecule has 0 saturated carbocycles. The summed E-state index contributed by atoms with van der Waals surface area (Å²) < 4.78 is 5.87. The van der Waals surface area contributed by atoms with Gasteiger partial charge in [-0.05, 0) is 18.1 Å². The van der Waals surface area contributed by atoms with Gasteiger partial charge in [0.15, 0.2) is 5.96 Å². The highest BCUT2D eigenvalue weighted by Gasteiger charge is 2.04. The number of aliphatic imine (C=N–C) groups is 1. The molecule has 0 unspecified atom stereocenters. The molecule has 0 heterocycles. The number of ether oxygens (including phenoxy) is 1. The zero-order chi connectivity index (χ0) is 15.6. The van der Waals surface area contributed by atoms with Crippen molar-refractivity contribution in [2.75, 3.05) is 19.7 Å². The van der Waals surface area contributed by atoms with E-state index in [1.54, 1.807) is 0 Å². The summed E-state index contributed by atoms with van der Waals surface area (Å²) in [5, 5.41) is 3.05. The Hall–Kier alpha value is -2.49. The Morgan fingerprint density at radius 2 is 1.82 bits per heavy atom. The normalized spacial score (nSPS) is 11.2. The van der Waals surface area contributed by atoms with Crippen molar-refractivity contribution in [3.8, 4) is 16.9 Å². The lowest BCUT2D eigenvalue weighted by Gasteiger charge is -2.12. The highest BCUT2D eigenvalue weighted by atomic mass is 16.5. The number of nitrogens with one attached hydrogen (secondary N) is 1. The molecule has 2 aromatic carbocycles. The molecule has 0 aliphatic carbocycles. The molecule has 116 valence electrons. The second-order valence-corrected chi connectivity index (χ2v) is 4.90. The van der Waals surface area contributed by atoms with Crippen LogP contribution in [0.5, 0.6) is 5.75 Å². The van der Waals surface area contributed by atoms with Gasteiger partial charge in [-0.15, -0.1) is 0 Å². The molecule has 0 amide bonds. The first-order valence-corrected chi connectivity index (χ1v) is 7.62. The second kappa shape index (κ2) is 8.72. The molecule has 0 fully saturated rings. The third kappa shape index (κ3) is 4.81. The molecule has 4 nitrogen and oxygen atoms in total. The van der Waals surface area contributed by atoms with Crippen LogP contribution >= 0.6 is 0 Å². The molecule has 22 heavy (non-hydrogen) atoms. The average Bonchev–Trinajstić information content (AvgIpc) is 2.58. The van der Waals surface area contributed by atoms with Crippen LogP contribution in [0.3, 0.4) is 0 Å². The molecule has 0 aromatic heterocycles. The van der Waals surface area contributed by atoms with E-state index in [1.165, 1.54) is 0 Å². The Labute approximate surface area is 132 Å². The van der Waals surface area contributed by atoms with Crippen LogP contribution in [-0.4, -0.2) is 25.7 Å². The summed E-state index contributed by atoms with van der Waals surface area (Å²) in [5.41, 5.74) is 7.99. The van der Waals surface area contributed by atoms with Crippen LogP contribution in [0.25, 0.3) is 11.1 Å². The van der Waals surface area contributed by atoms with Crippen LogP contribution in [0.1, 0.15) is 13.3 Å². The molecule has 0 atom stereocenters. The van der Waals surface area contributed by atoms with Gasteiger partial charge in [0.1, 0.15) is 12.4 Å². The number of guanidine groups is 1. The molecule has 0 aliphatic rings. The van der Waals surface area contributed by atoms with Crippen LogP contribution in [0.15, 0.2) is 59.6 Å². The molecular formula is C18H23N3O. The number of benzene rings is 2. The standard InChI is InChI=1S/C18H23N3O/c1-2-12-20-18(19)21-13-14-22-17-11-7-6-10-16(17)15-8-4-3-5-9-15/h3-11H,2,12-14H2,1H3,(H3,19,20,21). The van der Waals surface area contributed by atoms with Crippen molar-refractivity contribution in [3.63, 3.8) is 0 Å². The minimum Gasteiger partial charge on any atom is -0.491 e. The van der Waals surface area contributed by atoms with Gasteiger partial charge in [-0.25, -0.2) is 0 Å². The van der Waals surface area contributed by atoms with Crippen molar-refractivity contribution in [2.45, 2.75) is 13.3 Å². The van der Waals surface area contributed by atoms with E-state index in [1.807, 2.05) is 36.4 Å². The third-order valence-corrected chi connectivity index (χ3v) is 3.14. The van der Waals surface area contributed by atoms with Crippen molar-refractivity contribution in [1.29, 1.82) is 0 Å². The summed E-state index contributed by atoms with van der Waals surface area (Å²) in [4.78, 5) is 4.18. The second-order valence-electron chi connectivity index (χ2n) is 4.90. The molecular weight excluding hydrogens is 274 g/mol. The van der Waals surface area contributed by atoms with Crippen LogP contribution < -0.4 is 15.8 Å². The maximum absolute atomic E-state index is 5.87. The lowest BCUT2D eigenvalue weighted by atomic mass is 10.1. The number of para-hydroxylation sites is 1. The zero-order valence-corrected chi connectivity index (χ0v) is 13.0. The Morgan fingerprint density at radius 3 is 2.59 bits per heavy atom. The number of rotatable bonds is 7. The van der Waals surface area contributed by atoms with E-state index >= 15 is 0 Å². The van der Waals surface area contributed by atoms with Gasteiger partial charge in [0.05, 0.1) is 6.54 Å². The molecule has 2 rings (SSSR count). The Kier molecular flexibility index (Phi) is 6.30. The fourth-order valence-electron chi connectivity index (χ4n) is 2.08. The smallest absolute Gasteiger partial charge is 0.188 e. The van der Waals surface area contributed by atoms with Gasteiger partial charge >= 0.3 is 0 Å². The molecule has 3 N–H and O–H groups in total. The molecule has 2 aromatic rings. The first kappa shape index (κ1) is 15.9.